The van der Waals surface area contributed by atoms with Gasteiger partial charge in [0.1, 0.15) is 0 Å². The molecule has 0 heterocycles. The summed E-state index contributed by atoms with van der Waals surface area (Å²) in [5.41, 5.74) is 5.07. The van der Waals surface area contributed by atoms with Gasteiger partial charge in [0.25, 0.3) is 0 Å². The van der Waals surface area contributed by atoms with E-state index < -0.39 is 0 Å². The maximum Gasteiger partial charge on any atom is 0.0654 e. The van der Waals surface area contributed by atoms with Gasteiger partial charge < -0.3 is 4.84 Å². The molecule has 0 aliphatic rings. The summed E-state index contributed by atoms with van der Waals surface area (Å²) in [4.78, 5) is 5.01. The summed E-state index contributed by atoms with van der Waals surface area (Å²) in [6.45, 7) is 5.28. The van der Waals surface area contributed by atoms with Gasteiger partial charge in [0.15, 0.2) is 0 Å². The highest BCUT2D eigenvalue weighted by Gasteiger charge is 1.96. The largest absolute Gasteiger partial charge is 0.302 e. The van der Waals surface area contributed by atoms with Crippen LogP contribution < -0.4 is 5.48 Å². The molecule has 2 nitrogen and oxygen atoms in total. The highest BCUT2D eigenvalue weighted by Crippen LogP contribution is 2.16. The summed E-state index contributed by atoms with van der Waals surface area (Å²) in [5, 5.41) is 0.802. The third-order valence-electron chi connectivity index (χ3n) is 1.76. The molecule has 72 valence electrons. The van der Waals surface area contributed by atoms with E-state index in [4.69, 9.17) is 16.4 Å². The average molecular weight is 200 g/mol. The zero-order valence-electron chi connectivity index (χ0n) is 7.93. The van der Waals surface area contributed by atoms with E-state index in [0.717, 1.165) is 16.1 Å². The van der Waals surface area contributed by atoms with Crippen LogP contribution in [0.15, 0.2) is 18.2 Å². The number of hydrogen-bond donors (Lipinski definition) is 1. The Bertz CT molecular complexity index is 276. The monoisotopic (exact) mass is 199 g/mol. The zero-order chi connectivity index (χ0) is 9.68. The quantitative estimate of drug-likeness (QED) is 0.595. The Labute approximate surface area is 83.8 Å². The predicted molar refractivity (Wildman–Crippen MR) is 54.7 cm³/mol. The second-order valence-corrected chi connectivity index (χ2v) is 3.24. The molecule has 1 aromatic carbocycles. The second-order valence-electron chi connectivity index (χ2n) is 2.84. The molecule has 0 unspecified atom stereocenters. The van der Waals surface area contributed by atoms with Crippen LogP contribution in [-0.2, 0) is 11.4 Å². The van der Waals surface area contributed by atoms with E-state index in [-0.39, 0.29) is 0 Å². The number of hydrogen-bond acceptors (Lipinski definition) is 2. The lowest BCUT2D eigenvalue weighted by molar-refractivity contribution is 0.0463. The van der Waals surface area contributed by atoms with Crippen molar-refractivity contribution in [2.75, 3.05) is 6.61 Å². The number of rotatable bonds is 4. The molecule has 0 saturated carbocycles. The molecular weight excluding hydrogens is 186 g/mol. The zero-order valence-corrected chi connectivity index (χ0v) is 8.69. The fourth-order valence-corrected chi connectivity index (χ4v) is 1.19. The van der Waals surface area contributed by atoms with Crippen molar-refractivity contribution in [2.45, 2.75) is 20.4 Å². The third kappa shape index (κ3) is 3.35. The lowest BCUT2D eigenvalue weighted by Gasteiger charge is -2.05. The Morgan fingerprint density at radius 2 is 2.23 bits per heavy atom. The fourth-order valence-electron chi connectivity index (χ4n) is 0.983. The Hall–Kier alpha value is -0.570. The minimum Gasteiger partial charge on any atom is -0.302 e. The number of hydroxylamine groups is 1. The molecule has 0 spiro atoms. The summed E-state index contributed by atoms with van der Waals surface area (Å²) in [5.74, 6) is 0. The van der Waals surface area contributed by atoms with Crippen LogP contribution in [0, 0.1) is 6.92 Å². The molecule has 1 N–H and O–H groups in total. The lowest BCUT2D eigenvalue weighted by atomic mass is 10.1. The van der Waals surface area contributed by atoms with Gasteiger partial charge in [-0.05, 0) is 31.0 Å². The molecule has 0 bridgehead atoms. The first-order valence-corrected chi connectivity index (χ1v) is 4.71. The third-order valence-corrected chi connectivity index (χ3v) is 2.17. The molecule has 0 radical (unpaired) electrons. The first-order valence-electron chi connectivity index (χ1n) is 4.33. The molecule has 3 heteroatoms. The number of aryl methyl sites for hydroxylation is 1. The van der Waals surface area contributed by atoms with E-state index in [1.165, 1.54) is 0 Å². The number of halogens is 1. The molecule has 0 aliphatic heterocycles. The molecule has 1 aromatic rings. The molecule has 13 heavy (non-hydrogen) atoms. The number of nitrogens with one attached hydrogen (secondary N) is 1. The molecule has 0 aromatic heterocycles. The van der Waals surface area contributed by atoms with E-state index in [0.29, 0.717) is 13.2 Å². The van der Waals surface area contributed by atoms with Crippen molar-refractivity contribution >= 4 is 11.6 Å². The van der Waals surface area contributed by atoms with E-state index in [9.17, 15) is 0 Å². The highest BCUT2D eigenvalue weighted by atomic mass is 35.5. The lowest BCUT2D eigenvalue weighted by Crippen LogP contribution is -2.13. The van der Waals surface area contributed by atoms with Crippen molar-refractivity contribution in [2.24, 2.45) is 0 Å². The summed E-state index contributed by atoms with van der Waals surface area (Å²) in [6, 6.07) is 5.99. The Morgan fingerprint density at radius 1 is 1.46 bits per heavy atom. The van der Waals surface area contributed by atoms with Gasteiger partial charge in [-0.1, -0.05) is 23.7 Å². The average Bonchev–Trinajstić information content (AvgIpc) is 2.12. The van der Waals surface area contributed by atoms with E-state index in [1.807, 2.05) is 32.0 Å². The summed E-state index contributed by atoms with van der Waals surface area (Å²) in [6.07, 6.45) is 0. The van der Waals surface area contributed by atoms with Crippen molar-refractivity contribution in [3.8, 4) is 0 Å². The Balaban J connectivity index is 2.53. The summed E-state index contributed by atoms with van der Waals surface area (Å²) in [7, 11) is 0. The van der Waals surface area contributed by atoms with Crippen LogP contribution in [0.5, 0.6) is 0 Å². The van der Waals surface area contributed by atoms with E-state index in [1.54, 1.807) is 0 Å². The van der Waals surface area contributed by atoms with Gasteiger partial charge in [0.2, 0.25) is 0 Å². The molecular formula is C10H14ClNO. The topological polar surface area (TPSA) is 21.3 Å². The van der Waals surface area contributed by atoms with Gasteiger partial charge in [-0.15, -0.1) is 0 Å². The minimum absolute atomic E-state index is 0.666. The van der Waals surface area contributed by atoms with Gasteiger partial charge in [0, 0.05) is 11.6 Å². The highest BCUT2D eigenvalue weighted by molar-refractivity contribution is 6.31. The molecule has 0 aliphatic carbocycles. The first kappa shape index (κ1) is 10.5. The molecule has 1 rings (SSSR count). The fraction of sp³-hybridized carbons (Fsp3) is 0.400. The molecule has 0 amide bonds. The van der Waals surface area contributed by atoms with Crippen molar-refractivity contribution in [3.05, 3.63) is 34.3 Å². The SMILES string of the molecule is CCONCc1ccc(C)c(Cl)c1. The number of benzene rings is 1. The summed E-state index contributed by atoms with van der Waals surface area (Å²) >= 11 is 5.96. The van der Waals surface area contributed by atoms with Crippen LogP contribution in [0.3, 0.4) is 0 Å². The van der Waals surface area contributed by atoms with Gasteiger partial charge >= 0.3 is 0 Å². The first-order chi connectivity index (χ1) is 6.24. The van der Waals surface area contributed by atoms with Crippen LogP contribution in [0.4, 0.5) is 0 Å². The Morgan fingerprint density at radius 3 is 2.85 bits per heavy atom. The van der Waals surface area contributed by atoms with Crippen molar-refractivity contribution in [1.82, 2.24) is 5.48 Å². The normalized spacial score (nSPS) is 10.4. The van der Waals surface area contributed by atoms with E-state index in [2.05, 4.69) is 5.48 Å². The predicted octanol–water partition coefficient (Wildman–Crippen LogP) is 2.69. The molecule has 0 fully saturated rings. The van der Waals surface area contributed by atoms with Crippen LogP contribution in [0.1, 0.15) is 18.1 Å². The van der Waals surface area contributed by atoms with Crippen LogP contribution >= 0.6 is 11.6 Å². The molecule has 0 saturated heterocycles. The van der Waals surface area contributed by atoms with E-state index >= 15 is 0 Å². The van der Waals surface area contributed by atoms with Crippen molar-refractivity contribution in [1.29, 1.82) is 0 Å². The van der Waals surface area contributed by atoms with Crippen LogP contribution in [-0.4, -0.2) is 6.61 Å². The van der Waals surface area contributed by atoms with Gasteiger partial charge in [-0.2, -0.15) is 5.48 Å². The van der Waals surface area contributed by atoms with Crippen molar-refractivity contribution in [3.63, 3.8) is 0 Å². The Kier molecular flexibility index (Phi) is 4.22. The van der Waals surface area contributed by atoms with Gasteiger partial charge in [-0.25, -0.2) is 0 Å². The van der Waals surface area contributed by atoms with Crippen LogP contribution in [0.25, 0.3) is 0 Å². The standard InChI is InChI=1S/C10H14ClNO/c1-3-13-12-7-9-5-4-8(2)10(11)6-9/h4-6,12H,3,7H2,1-2H3. The second kappa shape index (κ2) is 5.22. The van der Waals surface area contributed by atoms with Gasteiger partial charge in [0.05, 0.1) is 6.61 Å². The van der Waals surface area contributed by atoms with Crippen LogP contribution in [0.2, 0.25) is 5.02 Å². The summed E-state index contributed by atoms with van der Waals surface area (Å²) < 4.78 is 0. The van der Waals surface area contributed by atoms with Crippen molar-refractivity contribution < 1.29 is 4.84 Å². The molecule has 0 atom stereocenters. The van der Waals surface area contributed by atoms with Gasteiger partial charge in [-0.3, -0.25) is 0 Å². The minimum atomic E-state index is 0.666. The maximum atomic E-state index is 5.96. The maximum absolute atomic E-state index is 5.96. The smallest absolute Gasteiger partial charge is 0.0654 e.